The summed E-state index contributed by atoms with van der Waals surface area (Å²) in [6.07, 6.45) is 0. The van der Waals surface area contributed by atoms with E-state index >= 15 is 0 Å². The van der Waals surface area contributed by atoms with Crippen LogP contribution in [0, 0.1) is 6.92 Å². The van der Waals surface area contributed by atoms with Crippen molar-refractivity contribution in [3.63, 3.8) is 0 Å². The summed E-state index contributed by atoms with van der Waals surface area (Å²) in [6.45, 7) is 2.02. The average molecular weight is 407 g/mol. The van der Waals surface area contributed by atoms with Crippen LogP contribution in [0.25, 0.3) is 22.6 Å². The fourth-order valence-electron chi connectivity index (χ4n) is 2.72. The van der Waals surface area contributed by atoms with E-state index in [9.17, 15) is 4.79 Å². The van der Waals surface area contributed by atoms with E-state index in [1.165, 1.54) is 0 Å². The molecule has 1 N–H and O–H groups in total. The number of carbonyl (C=O) groups is 1. The largest absolute Gasteiger partial charge is 0.436 e. The topological polar surface area (TPSA) is 55.1 Å². The third-order valence-electron chi connectivity index (χ3n) is 4.00. The Bertz CT molecular complexity index is 1120. The number of hydrogen-bond donors (Lipinski definition) is 1. The number of amides is 1. The molecule has 0 radical (unpaired) electrons. The van der Waals surface area contributed by atoms with E-state index in [0.717, 1.165) is 26.7 Å². The first-order valence-electron chi connectivity index (χ1n) is 8.13. The lowest BCUT2D eigenvalue weighted by Gasteiger charge is -2.06. The summed E-state index contributed by atoms with van der Waals surface area (Å²) >= 11 is 3.38. The molecule has 0 saturated heterocycles. The van der Waals surface area contributed by atoms with Crippen LogP contribution < -0.4 is 5.32 Å². The Balaban J connectivity index is 1.62. The molecule has 0 aliphatic rings. The van der Waals surface area contributed by atoms with Crippen molar-refractivity contribution in [2.45, 2.75) is 6.92 Å². The van der Waals surface area contributed by atoms with E-state index in [2.05, 4.69) is 26.2 Å². The number of benzene rings is 3. The Morgan fingerprint density at radius 2 is 1.88 bits per heavy atom. The third-order valence-corrected chi connectivity index (χ3v) is 4.49. The van der Waals surface area contributed by atoms with Crippen LogP contribution >= 0.6 is 15.9 Å². The highest BCUT2D eigenvalue weighted by molar-refractivity contribution is 9.10. The summed E-state index contributed by atoms with van der Waals surface area (Å²) in [5.41, 5.74) is 4.78. The van der Waals surface area contributed by atoms with Crippen LogP contribution in [0.1, 0.15) is 15.9 Å². The van der Waals surface area contributed by atoms with Gasteiger partial charge in [0.1, 0.15) is 5.52 Å². The Kier molecular flexibility index (Phi) is 4.31. The molecule has 3 aromatic carbocycles. The number of carbonyl (C=O) groups excluding carboxylic acids is 1. The lowest BCUT2D eigenvalue weighted by molar-refractivity contribution is 0.102. The Morgan fingerprint density at radius 3 is 2.73 bits per heavy atom. The van der Waals surface area contributed by atoms with Gasteiger partial charge in [-0.1, -0.05) is 34.1 Å². The molecular weight excluding hydrogens is 392 g/mol. The second kappa shape index (κ2) is 6.77. The van der Waals surface area contributed by atoms with Gasteiger partial charge >= 0.3 is 0 Å². The molecule has 0 spiro atoms. The fraction of sp³-hybridized carbons (Fsp3) is 0.0476. The van der Waals surface area contributed by atoms with Crippen LogP contribution in [-0.2, 0) is 0 Å². The van der Waals surface area contributed by atoms with Crippen molar-refractivity contribution >= 4 is 38.6 Å². The zero-order valence-corrected chi connectivity index (χ0v) is 15.6. The average Bonchev–Trinajstić information content (AvgIpc) is 3.05. The van der Waals surface area contributed by atoms with Crippen molar-refractivity contribution in [3.05, 3.63) is 82.3 Å². The van der Waals surface area contributed by atoms with Crippen molar-refractivity contribution in [2.24, 2.45) is 0 Å². The van der Waals surface area contributed by atoms with Crippen LogP contribution in [0.5, 0.6) is 0 Å². The zero-order chi connectivity index (χ0) is 18.1. The molecule has 1 amide bonds. The lowest BCUT2D eigenvalue weighted by atomic mass is 10.1. The maximum Gasteiger partial charge on any atom is 0.255 e. The molecule has 0 bridgehead atoms. The number of nitrogens with zero attached hydrogens (tertiary/aromatic N) is 1. The molecule has 0 aliphatic heterocycles. The molecule has 4 rings (SSSR count). The Labute approximate surface area is 159 Å². The smallest absolute Gasteiger partial charge is 0.255 e. The van der Waals surface area contributed by atoms with E-state index in [4.69, 9.17) is 4.42 Å². The quantitative estimate of drug-likeness (QED) is 0.466. The van der Waals surface area contributed by atoms with Gasteiger partial charge in [-0.15, -0.1) is 0 Å². The highest BCUT2D eigenvalue weighted by Gasteiger charge is 2.11. The van der Waals surface area contributed by atoms with E-state index < -0.39 is 0 Å². The minimum Gasteiger partial charge on any atom is -0.436 e. The number of fused-ring (bicyclic) bond motifs is 1. The van der Waals surface area contributed by atoms with Crippen LogP contribution in [-0.4, -0.2) is 10.9 Å². The third kappa shape index (κ3) is 3.39. The monoisotopic (exact) mass is 406 g/mol. The van der Waals surface area contributed by atoms with Gasteiger partial charge in [0.25, 0.3) is 5.91 Å². The minimum atomic E-state index is -0.170. The van der Waals surface area contributed by atoms with Crippen molar-refractivity contribution in [3.8, 4) is 11.5 Å². The van der Waals surface area contributed by atoms with Crippen LogP contribution in [0.3, 0.4) is 0 Å². The Hall–Kier alpha value is -2.92. The van der Waals surface area contributed by atoms with E-state index in [1.807, 2.05) is 61.5 Å². The van der Waals surface area contributed by atoms with Crippen molar-refractivity contribution in [1.82, 2.24) is 4.98 Å². The lowest BCUT2D eigenvalue weighted by Crippen LogP contribution is -2.11. The van der Waals surface area contributed by atoms with E-state index in [0.29, 0.717) is 17.1 Å². The summed E-state index contributed by atoms with van der Waals surface area (Å²) in [4.78, 5) is 17.0. The van der Waals surface area contributed by atoms with E-state index in [1.54, 1.807) is 12.1 Å². The van der Waals surface area contributed by atoms with Crippen molar-refractivity contribution in [1.29, 1.82) is 0 Å². The highest BCUT2D eigenvalue weighted by Crippen LogP contribution is 2.27. The summed E-state index contributed by atoms with van der Waals surface area (Å²) < 4.78 is 6.70. The van der Waals surface area contributed by atoms with E-state index in [-0.39, 0.29) is 5.91 Å². The normalized spacial score (nSPS) is 10.8. The summed E-state index contributed by atoms with van der Waals surface area (Å²) in [5.74, 6) is 0.362. The molecule has 26 heavy (non-hydrogen) atoms. The van der Waals surface area contributed by atoms with Crippen molar-refractivity contribution < 1.29 is 9.21 Å². The molecule has 4 aromatic rings. The molecule has 0 unspecified atom stereocenters. The maximum atomic E-state index is 12.4. The van der Waals surface area contributed by atoms with Crippen LogP contribution in [0.4, 0.5) is 5.69 Å². The molecule has 0 aliphatic carbocycles. The second-order valence-corrected chi connectivity index (χ2v) is 6.95. The van der Waals surface area contributed by atoms with Crippen LogP contribution in [0.2, 0.25) is 0 Å². The van der Waals surface area contributed by atoms with Gasteiger partial charge < -0.3 is 9.73 Å². The number of anilines is 1. The molecule has 0 saturated carbocycles. The standard InChI is InChI=1S/C21H15BrN2O2/c1-13-8-9-19-18(10-13)24-21(26-19)15-5-3-7-17(12-15)23-20(25)14-4-2-6-16(22)11-14/h2-12H,1H3,(H,23,25). The molecule has 0 atom stereocenters. The molecule has 0 fully saturated rings. The fourth-order valence-corrected chi connectivity index (χ4v) is 3.12. The summed E-state index contributed by atoms with van der Waals surface area (Å²) in [5, 5.41) is 2.91. The predicted molar refractivity (Wildman–Crippen MR) is 106 cm³/mol. The number of aromatic nitrogens is 1. The Morgan fingerprint density at radius 1 is 1.04 bits per heavy atom. The molecule has 1 heterocycles. The molecule has 4 nitrogen and oxygen atoms in total. The van der Waals surface area contributed by atoms with Crippen LogP contribution in [0.15, 0.2) is 75.6 Å². The van der Waals surface area contributed by atoms with Gasteiger partial charge in [0.05, 0.1) is 0 Å². The first-order valence-corrected chi connectivity index (χ1v) is 8.92. The summed E-state index contributed by atoms with van der Waals surface area (Å²) in [7, 11) is 0. The maximum absolute atomic E-state index is 12.4. The molecule has 1 aromatic heterocycles. The predicted octanol–water partition coefficient (Wildman–Crippen LogP) is 5.82. The first-order chi connectivity index (χ1) is 12.6. The molecular formula is C21H15BrN2O2. The highest BCUT2D eigenvalue weighted by atomic mass is 79.9. The van der Waals surface area contributed by atoms with Crippen molar-refractivity contribution in [2.75, 3.05) is 5.32 Å². The van der Waals surface area contributed by atoms with Gasteiger partial charge in [0.2, 0.25) is 5.89 Å². The second-order valence-electron chi connectivity index (χ2n) is 6.04. The zero-order valence-electron chi connectivity index (χ0n) is 14.0. The minimum absolute atomic E-state index is 0.170. The number of nitrogens with one attached hydrogen (secondary N) is 1. The van der Waals surface area contributed by atoms with Gasteiger partial charge in [-0.2, -0.15) is 0 Å². The van der Waals surface area contributed by atoms with Gasteiger partial charge in [-0.3, -0.25) is 4.79 Å². The number of hydrogen-bond acceptors (Lipinski definition) is 3. The van der Waals surface area contributed by atoms with Gasteiger partial charge in [-0.25, -0.2) is 4.98 Å². The number of halogens is 1. The number of oxazole rings is 1. The van der Waals surface area contributed by atoms with Gasteiger partial charge in [0, 0.05) is 21.3 Å². The first kappa shape index (κ1) is 16.5. The number of aryl methyl sites for hydroxylation is 1. The van der Waals surface area contributed by atoms with Gasteiger partial charge in [0.15, 0.2) is 5.58 Å². The SMILES string of the molecule is Cc1ccc2oc(-c3cccc(NC(=O)c4cccc(Br)c4)c3)nc2c1. The summed E-state index contributed by atoms with van der Waals surface area (Å²) in [6, 6.07) is 20.6. The van der Waals surface area contributed by atoms with Gasteiger partial charge in [-0.05, 0) is 61.0 Å². The molecule has 5 heteroatoms. The number of rotatable bonds is 3. The molecule has 128 valence electrons.